The molecule has 5 N–H and O–H groups in total. The number of rotatable bonds is 4. The van der Waals surface area contributed by atoms with E-state index in [0.717, 1.165) is 18.9 Å². The van der Waals surface area contributed by atoms with E-state index in [1.807, 2.05) is 35.6 Å². The Bertz CT molecular complexity index is 2500. The number of fused-ring (bicyclic) bond motifs is 4. The number of aliphatic hydroxyl groups is 2. The van der Waals surface area contributed by atoms with E-state index in [-0.39, 0.29) is 35.5 Å². The Balaban J connectivity index is 1.58. The molecule has 5 aliphatic rings. The number of aromatic hydroxyl groups is 1. The highest BCUT2D eigenvalue weighted by Gasteiger charge is 2.53. The second kappa shape index (κ2) is 9.24. The first kappa shape index (κ1) is 27.3. The number of phenolic OH excluding ortho intramolecular Hbond substituents is 1. The zero-order valence-electron chi connectivity index (χ0n) is 22.6. The van der Waals surface area contributed by atoms with Crippen molar-refractivity contribution < 1.29 is 15.3 Å². The summed E-state index contributed by atoms with van der Waals surface area (Å²) in [7, 11) is 0. The van der Waals surface area contributed by atoms with Crippen LogP contribution in [-0.2, 0) is 11.8 Å². The maximum absolute atomic E-state index is 13.8. The minimum atomic E-state index is -1.93. The lowest BCUT2D eigenvalue weighted by Gasteiger charge is -2.27. The molecule has 7 rings (SSSR count). The second-order valence-corrected chi connectivity index (χ2v) is 12.3. The number of anilines is 1. The number of benzene rings is 1. The molecule has 43 heavy (non-hydrogen) atoms. The normalized spacial score (nSPS) is 19.5. The van der Waals surface area contributed by atoms with Crippen LogP contribution in [0.15, 0.2) is 54.3 Å². The minimum Gasteiger partial charge on any atom is -0.510 e. The van der Waals surface area contributed by atoms with Crippen LogP contribution >= 0.6 is 22.6 Å². The van der Waals surface area contributed by atoms with Gasteiger partial charge in [-0.2, -0.15) is 0 Å². The predicted molar refractivity (Wildman–Crippen MR) is 170 cm³/mol. The van der Waals surface area contributed by atoms with Crippen molar-refractivity contribution in [3.63, 3.8) is 0 Å². The van der Waals surface area contributed by atoms with E-state index in [1.165, 1.54) is 0 Å². The Kier molecular flexibility index (Phi) is 5.87. The molecule has 1 fully saturated rings. The topological polar surface area (TPSA) is 174 Å². The van der Waals surface area contributed by atoms with Gasteiger partial charge >= 0.3 is 0 Å². The van der Waals surface area contributed by atoms with Gasteiger partial charge < -0.3 is 25.6 Å². The highest BCUT2D eigenvalue weighted by Crippen LogP contribution is 2.55. The SMILES string of the molecule is C/C=C/C=C/c1cc2c(I)c3c(c(O)c2c(=O)[nH]1)[C@@]1(CC3)C(O)=c2c(=O)c3c(=O)cc(NC4CC4)c(=O)c=3c(=O)c2=C1O. The van der Waals surface area contributed by atoms with Gasteiger partial charge in [-0.25, -0.2) is 0 Å². The standard InChI is InChI=1S/C32H23IN2O8/c1-2-3-4-5-13-10-15-18(31(43)35-13)28(40)23-14(24(15)33)8-9-32(23)29(41)21-22(30(32)42)27(39)20-19(26(21)38)17(36)11-16(25(20)37)34-12-6-7-12/h2-5,10-12,34,40-42H,6-9H2,1H3,(H,35,43)/b3-2+,5-4+/t32-/m0/s1. The largest absolute Gasteiger partial charge is 0.510 e. The second-order valence-electron chi connectivity index (χ2n) is 11.2. The first-order valence-corrected chi connectivity index (χ1v) is 14.8. The molecular weight excluding hydrogens is 667 g/mol. The van der Waals surface area contributed by atoms with E-state index in [0.29, 0.717) is 20.2 Å². The Hall–Kier alpha value is -4.52. The quantitative estimate of drug-likeness (QED) is 0.156. The number of pyridine rings is 1. The van der Waals surface area contributed by atoms with Crippen LogP contribution in [0.1, 0.15) is 43.0 Å². The molecular formula is C32H23IN2O8. The van der Waals surface area contributed by atoms with Crippen molar-refractivity contribution in [3.8, 4) is 5.75 Å². The van der Waals surface area contributed by atoms with Crippen LogP contribution in [0.2, 0.25) is 0 Å². The summed E-state index contributed by atoms with van der Waals surface area (Å²) in [5.74, 6) is -1.92. The lowest BCUT2D eigenvalue weighted by atomic mass is 9.78. The van der Waals surface area contributed by atoms with E-state index in [9.17, 15) is 39.3 Å². The summed E-state index contributed by atoms with van der Waals surface area (Å²) in [6.45, 7) is 1.85. The van der Waals surface area contributed by atoms with Gasteiger partial charge in [0.2, 0.25) is 16.3 Å². The van der Waals surface area contributed by atoms with Crippen LogP contribution in [-0.4, -0.2) is 26.3 Å². The van der Waals surface area contributed by atoms with E-state index in [1.54, 1.807) is 24.3 Å². The van der Waals surface area contributed by atoms with Gasteiger partial charge in [-0.15, -0.1) is 0 Å². The Morgan fingerprint density at radius 3 is 2.26 bits per heavy atom. The lowest BCUT2D eigenvalue weighted by molar-refractivity contribution is 0.362. The predicted octanol–water partition coefficient (Wildman–Crippen LogP) is 1.27. The van der Waals surface area contributed by atoms with Gasteiger partial charge in [-0.3, -0.25) is 24.0 Å². The van der Waals surface area contributed by atoms with Crippen molar-refractivity contribution in [1.82, 2.24) is 4.98 Å². The van der Waals surface area contributed by atoms with Gasteiger partial charge in [0.05, 0.1) is 31.9 Å². The van der Waals surface area contributed by atoms with Gasteiger partial charge in [0, 0.05) is 32.3 Å². The van der Waals surface area contributed by atoms with Crippen molar-refractivity contribution in [3.05, 3.63) is 123 Å². The summed E-state index contributed by atoms with van der Waals surface area (Å²) in [5.41, 5.74) is -5.40. The molecule has 1 heterocycles. The molecule has 1 atom stereocenters. The molecule has 0 amide bonds. The van der Waals surface area contributed by atoms with E-state index < -0.39 is 70.8 Å². The number of aliphatic hydroxyl groups excluding tert-OH is 2. The number of aromatic amines is 1. The van der Waals surface area contributed by atoms with Crippen LogP contribution in [0.3, 0.4) is 0 Å². The fourth-order valence-corrected chi connectivity index (χ4v) is 7.56. The number of hydrogen-bond donors (Lipinski definition) is 5. The third kappa shape index (κ3) is 3.54. The average Bonchev–Trinajstić information content (AvgIpc) is 3.64. The van der Waals surface area contributed by atoms with E-state index in [2.05, 4.69) is 10.3 Å². The van der Waals surface area contributed by atoms with Crippen molar-refractivity contribution in [1.29, 1.82) is 0 Å². The molecule has 5 aliphatic carbocycles. The molecule has 0 aliphatic heterocycles. The number of phenols is 1. The molecule has 0 bridgehead atoms. The average molecular weight is 690 g/mol. The summed E-state index contributed by atoms with van der Waals surface area (Å²) in [5, 5.41) is 35.8. The highest BCUT2D eigenvalue weighted by atomic mass is 127. The van der Waals surface area contributed by atoms with E-state index in [4.69, 9.17) is 0 Å². The smallest absolute Gasteiger partial charge is 0.260 e. The third-order valence-corrected chi connectivity index (χ3v) is 9.94. The molecule has 216 valence electrons. The number of nitrogens with one attached hydrogen (secondary N) is 2. The van der Waals surface area contributed by atoms with Crippen molar-refractivity contribution in [2.24, 2.45) is 0 Å². The maximum atomic E-state index is 13.8. The summed E-state index contributed by atoms with van der Waals surface area (Å²) in [6.07, 6.45) is 8.82. The fraction of sp³-hybridized carbons (Fsp3) is 0.219. The molecule has 10 nitrogen and oxygen atoms in total. The van der Waals surface area contributed by atoms with Gasteiger partial charge in [-0.05, 0) is 72.9 Å². The molecule has 1 aromatic carbocycles. The Morgan fingerprint density at radius 2 is 1.60 bits per heavy atom. The number of hydrogen-bond acceptors (Lipinski definition) is 9. The molecule has 11 heteroatoms. The fourth-order valence-electron chi connectivity index (χ4n) is 6.60. The van der Waals surface area contributed by atoms with Gasteiger partial charge in [0.15, 0.2) is 5.43 Å². The molecule has 2 aromatic rings. The maximum Gasteiger partial charge on any atom is 0.260 e. The Labute approximate surface area is 254 Å². The van der Waals surface area contributed by atoms with Crippen LogP contribution in [0.5, 0.6) is 5.75 Å². The van der Waals surface area contributed by atoms with Gasteiger partial charge in [-0.1, -0.05) is 18.2 Å². The molecule has 1 saturated carbocycles. The molecule has 0 unspecified atom stereocenters. The van der Waals surface area contributed by atoms with Crippen LogP contribution < -0.4 is 43.0 Å². The third-order valence-electron chi connectivity index (χ3n) is 8.71. The van der Waals surface area contributed by atoms with Crippen LogP contribution in [0, 0.1) is 14.0 Å². The zero-order chi connectivity index (χ0) is 30.5. The lowest BCUT2D eigenvalue weighted by Crippen LogP contribution is -2.52. The summed E-state index contributed by atoms with van der Waals surface area (Å²) in [4.78, 5) is 69.9. The first-order chi connectivity index (χ1) is 20.5. The summed E-state index contributed by atoms with van der Waals surface area (Å²) < 4.78 is 0.593. The monoisotopic (exact) mass is 690 g/mol. The Morgan fingerprint density at radius 1 is 0.930 bits per heavy atom. The zero-order valence-corrected chi connectivity index (χ0v) is 24.8. The van der Waals surface area contributed by atoms with Crippen molar-refractivity contribution in [2.45, 2.75) is 44.1 Å². The van der Waals surface area contributed by atoms with Crippen LogP contribution in [0.25, 0.3) is 28.4 Å². The number of H-pyrrole nitrogens is 1. The minimum absolute atomic E-state index is 0.00180. The number of allylic oxidation sites excluding steroid dienone is 3. The number of aromatic nitrogens is 1. The molecule has 1 aromatic heterocycles. The molecule has 0 saturated heterocycles. The van der Waals surface area contributed by atoms with Crippen molar-refractivity contribution in [2.75, 3.05) is 5.32 Å². The molecule has 1 spiro atoms. The van der Waals surface area contributed by atoms with Crippen molar-refractivity contribution >= 4 is 56.6 Å². The highest BCUT2D eigenvalue weighted by molar-refractivity contribution is 14.1. The van der Waals surface area contributed by atoms with Gasteiger partial charge in [0.25, 0.3) is 5.56 Å². The van der Waals surface area contributed by atoms with Gasteiger partial charge in [0.1, 0.15) is 22.7 Å². The molecule has 0 radical (unpaired) electrons. The summed E-state index contributed by atoms with van der Waals surface area (Å²) in [6, 6.07) is 2.68. The first-order valence-electron chi connectivity index (χ1n) is 13.7. The van der Waals surface area contributed by atoms with Crippen LogP contribution in [0.4, 0.5) is 5.69 Å². The summed E-state index contributed by atoms with van der Waals surface area (Å²) >= 11 is 2.04. The van der Waals surface area contributed by atoms with E-state index >= 15 is 0 Å². The number of halogens is 1.